The fourth-order valence-electron chi connectivity index (χ4n) is 1.60. The van der Waals surface area contributed by atoms with Crippen LogP contribution >= 0.6 is 15.9 Å². The minimum atomic E-state index is -2.43. The van der Waals surface area contributed by atoms with Crippen molar-refractivity contribution in [3.63, 3.8) is 0 Å². The second kappa shape index (κ2) is 4.09. The van der Waals surface area contributed by atoms with E-state index in [1.807, 2.05) is 0 Å². The number of hydrogen-bond acceptors (Lipinski definition) is 0. The van der Waals surface area contributed by atoms with Gasteiger partial charge in [-0.1, -0.05) is 30.3 Å². The van der Waals surface area contributed by atoms with E-state index in [1.165, 1.54) is 18.2 Å². The predicted molar refractivity (Wildman–Crippen MR) is 60.3 cm³/mol. The van der Waals surface area contributed by atoms with Gasteiger partial charge in [0.05, 0.1) is 4.48 Å². The normalized spacial score (nSPS) is 29.6. The monoisotopic (exact) mass is 288 g/mol. The van der Waals surface area contributed by atoms with Gasteiger partial charge in [0.1, 0.15) is 0 Å². The molecule has 2 atom stereocenters. The van der Waals surface area contributed by atoms with Crippen LogP contribution < -0.4 is 0 Å². The van der Waals surface area contributed by atoms with Crippen LogP contribution in [-0.2, 0) is 5.67 Å². The Hall–Kier alpha value is -1.03. The Labute approximate surface area is 99.6 Å². The molecule has 1 aliphatic carbocycles. The van der Waals surface area contributed by atoms with Gasteiger partial charge < -0.3 is 0 Å². The number of rotatable bonds is 1. The van der Waals surface area contributed by atoms with Gasteiger partial charge in [-0.15, -0.1) is 0 Å². The van der Waals surface area contributed by atoms with Gasteiger partial charge in [0.25, 0.3) is 0 Å². The molecule has 1 aromatic carbocycles. The summed E-state index contributed by atoms with van der Waals surface area (Å²) in [5.74, 6) is -1.12. The summed E-state index contributed by atoms with van der Waals surface area (Å²) in [7, 11) is 0. The molecule has 0 heterocycles. The lowest BCUT2D eigenvalue weighted by Crippen LogP contribution is -2.33. The quantitative estimate of drug-likeness (QED) is 0.721. The van der Waals surface area contributed by atoms with E-state index in [0.717, 1.165) is 6.08 Å². The van der Waals surface area contributed by atoms with Gasteiger partial charge in [0, 0.05) is 0 Å². The fourth-order valence-corrected chi connectivity index (χ4v) is 1.93. The molecule has 0 aliphatic heterocycles. The Kier molecular flexibility index (Phi) is 2.93. The van der Waals surface area contributed by atoms with Gasteiger partial charge in [-0.25, -0.2) is 13.2 Å². The molecule has 0 bridgehead atoms. The van der Waals surface area contributed by atoms with Crippen LogP contribution in [-0.4, -0.2) is 6.17 Å². The second-order valence-electron chi connectivity index (χ2n) is 3.53. The highest BCUT2D eigenvalue weighted by atomic mass is 79.9. The van der Waals surface area contributed by atoms with Crippen molar-refractivity contribution >= 4 is 15.9 Å². The molecule has 0 saturated heterocycles. The van der Waals surface area contributed by atoms with Crippen LogP contribution in [0.4, 0.5) is 13.2 Å². The van der Waals surface area contributed by atoms with E-state index in [1.54, 1.807) is 18.2 Å². The van der Waals surface area contributed by atoms with Crippen LogP contribution in [0.25, 0.3) is 0 Å². The molecule has 0 aromatic heterocycles. The largest absolute Gasteiger partial charge is 0.235 e. The van der Waals surface area contributed by atoms with Crippen molar-refractivity contribution in [1.29, 1.82) is 0 Å². The van der Waals surface area contributed by atoms with E-state index in [9.17, 15) is 13.2 Å². The zero-order chi connectivity index (χ0) is 11.8. The van der Waals surface area contributed by atoms with Crippen LogP contribution in [0.5, 0.6) is 0 Å². The van der Waals surface area contributed by atoms with Crippen LogP contribution in [0.15, 0.2) is 52.8 Å². The first-order valence-electron chi connectivity index (χ1n) is 4.68. The first-order chi connectivity index (χ1) is 7.55. The van der Waals surface area contributed by atoms with Crippen LogP contribution in [0.2, 0.25) is 0 Å². The summed E-state index contributed by atoms with van der Waals surface area (Å²) in [6.07, 6.45) is -0.0900. The molecule has 16 heavy (non-hydrogen) atoms. The summed E-state index contributed by atoms with van der Waals surface area (Å²) in [5.41, 5.74) is -2.32. The van der Waals surface area contributed by atoms with E-state index in [0.29, 0.717) is 0 Å². The third-order valence-corrected chi connectivity index (χ3v) is 3.15. The predicted octanol–water partition coefficient (Wildman–Crippen LogP) is 4.34. The Bertz CT molecular complexity index is 453. The van der Waals surface area contributed by atoms with E-state index in [2.05, 4.69) is 15.9 Å². The van der Waals surface area contributed by atoms with Crippen molar-refractivity contribution in [3.05, 3.63) is 58.4 Å². The molecule has 1 aliphatic rings. The Balaban J connectivity index is 2.47. The van der Waals surface area contributed by atoms with Gasteiger partial charge in [-0.05, 0) is 33.6 Å². The molecular formula is C12H8BrF3. The van der Waals surface area contributed by atoms with Crippen LogP contribution in [0, 0.1) is 0 Å². The molecule has 4 heteroatoms. The molecule has 0 saturated carbocycles. The van der Waals surface area contributed by atoms with E-state index < -0.39 is 17.7 Å². The highest BCUT2D eigenvalue weighted by Crippen LogP contribution is 2.42. The fraction of sp³-hybridized carbons (Fsp3) is 0.167. The summed E-state index contributed by atoms with van der Waals surface area (Å²) in [6.45, 7) is 0. The molecule has 0 spiro atoms. The average Bonchev–Trinajstić information content (AvgIpc) is 2.33. The van der Waals surface area contributed by atoms with E-state index in [4.69, 9.17) is 0 Å². The number of alkyl halides is 2. The van der Waals surface area contributed by atoms with Crippen molar-refractivity contribution in [3.8, 4) is 0 Å². The maximum atomic E-state index is 14.4. The van der Waals surface area contributed by atoms with Crippen molar-refractivity contribution in [2.24, 2.45) is 0 Å². The molecule has 0 nitrogen and oxygen atoms in total. The highest BCUT2D eigenvalue weighted by Gasteiger charge is 2.44. The molecule has 1 aromatic rings. The zero-order valence-electron chi connectivity index (χ0n) is 8.13. The SMILES string of the molecule is FC1=C(Br)C=CC(F)(c2ccccc2)C1F. The minimum Gasteiger partial charge on any atom is -0.235 e. The summed E-state index contributed by atoms with van der Waals surface area (Å²) in [6, 6.07) is 7.73. The zero-order valence-corrected chi connectivity index (χ0v) is 9.72. The Morgan fingerprint density at radius 2 is 1.81 bits per heavy atom. The average molecular weight is 289 g/mol. The van der Waals surface area contributed by atoms with Gasteiger partial charge in [0.15, 0.2) is 17.7 Å². The maximum absolute atomic E-state index is 14.4. The maximum Gasteiger partial charge on any atom is 0.194 e. The number of hydrogen-bond donors (Lipinski definition) is 0. The highest BCUT2D eigenvalue weighted by molar-refractivity contribution is 9.11. The van der Waals surface area contributed by atoms with Gasteiger partial charge >= 0.3 is 0 Å². The van der Waals surface area contributed by atoms with Gasteiger partial charge in [0.2, 0.25) is 0 Å². The number of benzene rings is 1. The topological polar surface area (TPSA) is 0 Å². The van der Waals surface area contributed by atoms with Gasteiger partial charge in [-0.2, -0.15) is 0 Å². The third kappa shape index (κ3) is 1.71. The number of allylic oxidation sites excluding steroid dienone is 4. The summed E-state index contributed by atoms with van der Waals surface area (Å²) in [4.78, 5) is 0. The van der Waals surface area contributed by atoms with E-state index in [-0.39, 0.29) is 10.0 Å². The summed E-state index contributed by atoms with van der Waals surface area (Å²) in [5, 5.41) is 0. The smallest absolute Gasteiger partial charge is 0.194 e. The van der Waals surface area contributed by atoms with Crippen LogP contribution in [0.3, 0.4) is 0 Å². The second-order valence-corrected chi connectivity index (χ2v) is 4.38. The third-order valence-electron chi connectivity index (χ3n) is 2.51. The molecule has 0 fully saturated rings. The molecular weight excluding hydrogens is 281 g/mol. The summed E-state index contributed by atoms with van der Waals surface area (Å²) < 4.78 is 41.3. The van der Waals surface area contributed by atoms with E-state index >= 15 is 0 Å². The lowest BCUT2D eigenvalue weighted by Gasteiger charge is -2.28. The molecule has 2 rings (SSSR count). The van der Waals surface area contributed by atoms with Crippen molar-refractivity contribution in [2.45, 2.75) is 11.8 Å². The first-order valence-corrected chi connectivity index (χ1v) is 5.48. The van der Waals surface area contributed by atoms with Crippen molar-refractivity contribution in [1.82, 2.24) is 0 Å². The lowest BCUT2D eigenvalue weighted by molar-refractivity contribution is 0.0988. The van der Waals surface area contributed by atoms with Gasteiger partial charge in [-0.3, -0.25) is 0 Å². The lowest BCUT2D eigenvalue weighted by atomic mass is 9.87. The molecule has 0 radical (unpaired) electrons. The van der Waals surface area contributed by atoms with Crippen molar-refractivity contribution < 1.29 is 13.2 Å². The molecule has 2 unspecified atom stereocenters. The molecule has 0 N–H and O–H groups in total. The van der Waals surface area contributed by atoms with Crippen LogP contribution in [0.1, 0.15) is 5.56 Å². The first kappa shape index (κ1) is 11.5. The minimum absolute atomic E-state index is 0.0517. The Morgan fingerprint density at radius 3 is 2.44 bits per heavy atom. The van der Waals surface area contributed by atoms with Crippen molar-refractivity contribution in [2.75, 3.05) is 0 Å². The molecule has 84 valence electrons. The molecule has 0 amide bonds. The summed E-state index contributed by atoms with van der Waals surface area (Å²) >= 11 is 2.83. The Morgan fingerprint density at radius 1 is 1.19 bits per heavy atom. The number of halogens is 4. The standard InChI is InChI=1S/C12H8BrF3/c13-9-6-7-12(16,11(15)10(9)14)8-4-2-1-3-5-8/h1-7,11H.